The van der Waals surface area contributed by atoms with Crippen molar-refractivity contribution < 1.29 is 4.79 Å². The largest absolute Gasteiger partial charge is 0.295 e. The highest BCUT2D eigenvalue weighted by molar-refractivity contribution is 7.13. The molecule has 0 radical (unpaired) electrons. The molecule has 1 heterocycles. The Hall–Kier alpha value is -1.41. The van der Waals surface area contributed by atoms with E-state index in [1.807, 2.05) is 24.3 Å². The average Bonchev–Trinajstić information content (AvgIpc) is 2.64. The molecule has 0 bridgehead atoms. The van der Waals surface area contributed by atoms with Crippen LogP contribution in [-0.2, 0) is 0 Å². The minimum atomic E-state index is 0.117. The number of thiophene rings is 1. The van der Waals surface area contributed by atoms with Gasteiger partial charge in [-0.2, -0.15) is 0 Å². The van der Waals surface area contributed by atoms with E-state index in [9.17, 15) is 4.79 Å². The van der Waals surface area contributed by atoms with Gasteiger partial charge in [-0.25, -0.2) is 0 Å². The van der Waals surface area contributed by atoms with Gasteiger partial charge in [-0.05, 0) is 42.5 Å². The zero-order chi connectivity index (χ0) is 10.8. The number of carbonyl (C=O) groups is 1. The Balaban J connectivity index is 2.50. The van der Waals surface area contributed by atoms with Gasteiger partial charge >= 0.3 is 0 Å². The molecule has 1 aromatic carbocycles. The van der Waals surface area contributed by atoms with Crippen LogP contribution in [0.2, 0.25) is 0 Å². The average molecular weight is 216 g/mol. The van der Waals surface area contributed by atoms with Crippen LogP contribution in [0, 0.1) is 6.92 Å². The third-order valence-corrected chi connectivity index (χ3v) is 3.46. The van der Waals surface area contributed by atoms with E-state index >= 15 is 0 Å². The molecule has 0 aliphatic heterocycles. The third kappa shape index (κ3) is 2.00. The molecule has 2 aromatic rings. The van der Waals surface area contributed by atoms with Gasteiger partial charge in [0.15, 0.2) is 5.78 Å². The summed E-state index contributed by atoms with van der Waals surface area (Å²) in [7, 11) is 0. The maximum atomic E-state index is 11.3. The van der Waals surface area contributed by atoms with E-state index in [2.05, 4.69) is 18.4 Å². The standard InChI is InChI=1S/C13H12OS/c1-9-6-7-15-13(9)12-5-3-4-11(8-12)10(2)14/h3-8H,1-2H3. The lowest BCUT2D eigenvalue weighted by atomic mass is 10.1. The lowest BCUT2D eigenvalue weighted by molar-refractivity contribution is 0.101. The van der Waals surface area contributed by atoms with Crippen LogP contribution < -0.4 is 0 Å². The molecule has 2 heteroatoms. The molecule has 0 atom stereocenters. The summed E-state index contributed by atoms with van der Waals surface area (Å²) in [6.07, 6.45) is 0. The molecule has 2 rings (SSSR count). The van der Waals surface area contributed by atoms with Crippen LogP contribution in [0.25, 0.3) is 10.4 Å². The van der Waals surface area contributed by atoms with E-state index < -0.39 is 0 Å². The zero-order valence-electron chi connectivity index (χ0n) is 8.78. The monoisotopic (exact) mass is 216 g/mol. The summed E-state index contributed by atoms with van der Waals surface area (Å²) in [5.41, 5.74) is 3.18. The van der Waals surface area contributed by atoms with Crippen LogP contribution in [0.1, 0.15) is 22.8 Å². The van der Waals surface area contributed by atoms with Crippen LogP contribution in [0.15, 0.2) is 35.7 Å². The summed E-state index contributed by atoms with van der Waals surface area (Å²) in [4.78, 5) is 12.5. The number of carbonyl (C=O) groups excluding carboxylic acids is 1. The highest BCUT2D eigenvalue weighted by atomic mass is 32.1. The van der Waals surface area contributed by atoms with Gasteiger partial charge in [0.25, 0.3) is 0 Å². The molecule has 0 fully saturated rings. The van der Waals surface area contributed by atoms with Crippen molar-refractivity contribution >= 4 is 17.1 Å². The second-order valence-corrected chi connectivity index (χ2v) is 4.49. The molecule has 15 heavy (non-hydrogen) atoms. The number of aryl methyl sites for hydroxylation is 1. The van der Waals surface area contributed by atoms with E-state index in [1.54, 1.807) is 18.3 Å². The number of hydrogen-bond donors (Lipinski definition) is 0. The topological polar surface area (TPSA) is 17.1 Å². The molecule has 0 N–H and O–H groups in total. The number of rotatable bonds is 2. The Morgan fingerprint density at radius 3 is 2.67 bits per heavy atom. The quantitative estimate of drug-likeness (QED) is 0.695. The molecule has 0 saturated carbocycles. The predicted molar refractivity (Wildman–Crippen MR) is 64.5 cm³/mol. The summed E-state index contributed by atoms with van der Waals surface area (Å²) in [6, 6.07) is 9.90. The zero-order valence-corrected chi connectivity index (χ0v) is 9.60. The highest BCUT2D eigenvalue weighted by Crippen LogP contribution is 2.29. The fourth-order valence-electron chi connectivity index (χ4n) is 1.55. The number of hydrogen-bond acceptors (Lipinski definition) is 2. The van der Waals surface area contributed by atoms with Crippen molar-refractivity contribution in [3.05, 3.63) is 46.8 Å². The Bertz CT molecular complexity index is 497. The lowest BCUT2D eigenvalue weighted by Crippen LogP contribution is -1.91. The molecule has 1 aromatic heterocycles. The first-order chi connectivity index (χ1) is 7.18. The van der Waals surface area contributed by atoms with Crippen molar-refractivity contribution in [1.82, 2.24) is 0 Å². The van der Waals surface area contributed by atoms with E-state index in [0.29, 0.717) is 0 Å². The molecule has 0 unspecified atom stereocenters. The van der Waals surface area contributed by atoms with Crippen molar-refractivity contribution in [2.75, 3.05) is 0 Å². The Labute approximate surface area is 93.4 Å². The van der Waals surface area contributed by atoms with Crippen molar-refractivity contribution in [1.29, 1.82) is 0 Å². The highest BCUT2D eigenvalue weighted by Gasteiger charge is 2.05. The summed E-state index contributed by atoms with van der Waals surface area (Å²) in [5, 5.41) is 2.07. The van der Waals surface area contributed by atoms with Gasteiger partial charge in [0, 0.05) is 10.4 Å². The predicted octanol–water partition coefficient (Wildman–Crippen LogP) is 3.93. The van der Waals surface area contributed by atoms with Gasteiger partial charge in [0.1, 0.15) is 0 Å². The van der Waals surface area contributed by atoms with Crippen LogP contribution in [0.3, 0.4) is 0 Å². The Morgan fingerprint density at radius 1 is 1.27 bits per heavy atom. The van der Waals surface area contributed by atoms with Gasteiger partial charge in [-0.3, -0.25) is 4.79 Å². The van der Waals surface area contributed by atoms with Gasteiger partial charge in [-0.1, -0.05) is 18.2 Å². The SMILES string of the molecule is CC(=O)c1cccc(-c2sccc2C)c1. The van der Waals surface area contributed by atoms with Gasteiger partial charge in [0.05, 0.1) is 0 Å². The van der Waals surface area contributed by atoms with Crippen molar-refractivity contribution in [2.45, 2.75) is 13.8 Å². The van der Waals surface area contributed by atoms with Gasteiger partial charge < -0.3 is 0 Å². The van der Waals surface area contributed by atoms with E-state index in [1.165, 1.54) is 10.4 Å². The molecule has 1 nitrogen and oxygen atoms in total. The molecular weight excluding hydrogens is 204 g/mol. The van der Waals surface area contributed by atoms with E-state index in [-0.39, 0.29) is 5.78 Å². The second kappa shape index (κ2) is 3.99. The first-order valence-corrected chi connectivity index (χ1v) is 5.72. The van der Waals surface area contributed by atoms with Crippen molar-refractivity contribution in [3.8, 4) is 10.4 Å². The van der Waals surface area contributed by atoms with Crippen molar-refractivity contribution in [2.24, 2.45) is 0 Å². The molecule has 0 aliphatic carbocycles. The molecule has 0 aliphatic rings. The Morgan fingerprint density at radius 2 is 2.07 bits per heavy atom. The van der Waals surface area contributed by atoms with E-state index in [0.717, 1.165) is 11.1 Å². The van der Waals surface area contributed by atoms with E-state index in [4.69, 9.17) is 0 Å². The summed E-state index contributed by atoms with van der Waals surface area (Å²) in [5.74, 6) is 0.117. The van der Waals surface area contributed by atoms with Crippen molar-refractivity contribution in [3.63, 3.8) is 0 Å². The lowest BCUT2D eigenvalue weighted by Gasteiger charge is -2.02. The minimum absolute atomic E-state index is 0.117. The molecular formula is C13H12OS. The summed E-state index contributed by atoms with van der Waals surface area (Å²) < 4.78 is 0. The molecule has 0 saturated heterocycles. The minimum Gasteiger partial charge on any atom is -0.295 e. The molecule has 0 spiro atoms. The first kappa shape index (κ1) is 10.1. The fourth-order valence-corrected chi connectivity index (χ4v) is 2.47. The normalized spacial score (nSPS) is 10.3. The van der Waals surface area contributed by atoms with Crippen LogP contribution in [0.5, 0.6) is 0 Å². The number of Topliss-reactive ketones (excluding diaryl/α,β-unsaturated/α-hetero) is 1. The second-order valence-electron chi connectivity index (χ2n) is 3.57. The summed E-state index contributed by atoms with van der Waals surface area (Å²) in [6.45, 7) is 3.69. The maximum absolute atomic E-state index is 11.3. The Kier molecular flexibility index (Phi) is 2.69. The van der Waals surface area contributed by atoms with Crippen LogP contribution in [-0.4, -0.2) is 5.78 Å². The smallest absolute Gasteiger partial charge is 0.159 e. The van der Waals surface area contributed by atoms with Gasteiger partial charge in [-0.15, -0.1) is 11.3 Å². The molecule has 0 amide bonds. The van der Waals surface area contributed by atoms with Crippen LogP contribution >= 0.6 is 11.3 Å². The third-order valence-electron chi connectivity index (χ3n) is 2.39. The number of benzene rings is 1. The number of ketones is 1. The first-order valence-electron chi connectivity index (χ1n) is 4.84. The summed E-state index contributed by atoms with van der Waals surface area (Å²) >= 11 is 1.71. The molecule has 76 valence electrons. The van der Waals surface area contributed by atoms with Crippen LogP contribution in [0.4, 0.5) is 0 Å². The fraction of sp³-hybridized carbons (Fsp3) is 0.154. The maximum Gasteiger partial charge on any atom is 0.159 e. The van der Waals surface area contributed by atoms with Gasteiger partial charge in [0.2, 0.25) is 0 Å².